The highest BCUT2D eigenvalue weighted by Gasteiger charge is 2.57. The molecule has 1 unspecified atom stereocenters. The van der Waals surface area contributed by atoms with Crippen LogP contribution in [0.4, 0.5) is 0 Å². The van der Waals surface area contributed by atoms with Crippen molar-refractivity contribution in [3.63, 3.8) is 0 Å². The van der Waals surface area contributed by atoms with Gasteiger partial charge in [-0.1, -0.05) is 23.9 Å². The Labute approximate surface area is 187 Å². The molecule has 3 heterocycles. The summed E-state index contributed by atoms with van der Waals surface area (Å²) in [6.07, 6.45) is -0.798. The number of nitrogens with zero attached hydrogens (tertiary/aromatic N) is 5. The van der Waals surface area contributed by atoms with E-state index < -0.39 is 18.0 Å². The van der Waals surface area contributed by atoms with Gasteiger partial charge in [-0.05, 0) is 35.0 Å². The van der Waals surface area contributed by atoms with Gasteiger partial charge in [0.1, 0.15) is 23.4 Å². The fraction of sp³-hybridized carbons (Fsp3) is 0.421. The summed E-state index contributed by atoms with van der Waals surface area (Å²) in [7, 11) is 3.31. The maximum absolute atomic E-state index is 13.0. The van der Waals surface area contributed by atoms with Crippen molar-refractivity contribution in [1.82, 2.24) is 25.1 Å². The first-order valence-electron chi connectivity index (χ1n) is 9.47. The third-order valence-electron chi connectivity index (χ3n) is 5.01. The number of tetrazole rings is 1. The molecule has 1 N–H and O–H groups in total. The molecule has 0 saturated carbocycles. The van der Waals surface area contributed by atoms with E-state index >= 15 is 0 Å². The van der Waals surface area contributed by atoms with Gasteiger partial charge in [0.25, 0.3) is 0 Å². The van der Waals surface area contributed by atoms with E-state index in [-0.39, 0.29) is 23.6 Å². The van der Waals surface area contributed by atoms with E-state index in [2.05, 4.69) is 15.5 Å². The zero-order valence-electron chi connectivity index (χ0n) is 17.1. The molecule has 1 aromatic heterocycles. The van der Waals surface area contributed by atoms with Gasteiger partial charge in [0.2, 0.25) is 11.1 Å². The van der Waals surface area contributed by atoms with E-state index in [1.54, 1.807) is 33.2 Å². The minimum absolute atomic E-state index is 0.0666. The SMILES string of the molecule is COc1ccc(COC(=O)C2=C(CSc3nnnn3C)S[C@@H]3C([C@@H](C)O)C(=O)N23)cc1. The Balaban J connectivity index is 1.51. The summed E-state index contributed by atoms with van der Waals surface area (Å²) in [5.41, 5.74) is 1.03. The van der Waals surface area contributed by atoms with E-state index in [1.807, 2.05) is 12.1 Å². The number of methoxy groups -OCH3 is 1. The van der Waals surface area contributed by atoms with Gasteiger partial charge in [0, 0.05) is 17.7 Å². The monoisotopic (exact) mass is 463 g/mol. The van der Waals surface area contributed by atoms with Crippen LogP contribution in [0, 0.1) is 5.92 Å². The van der Waals surface area contributed by atoms with Gasteiger partial charge < -0.3 is 14.6 Å². The number of esters is 1. The molecular weight excluding hydrogens is 442 g/mol. The molecule has 31 heavy (non-hydrogen) atoms. The normalized spacial score (nSPS) is 21.0. The predicted molar refractivity (Wildman–Crippen MR) is 113 cm³/mol. The van der Waals surface area contributed by atoms with Crippen molar-refractivity contribution in [3.8, 4) is 5.75 Å². The molecule has 0 bridgehead atoms. The number of ether oxygens (including phenoxy) is 2. The molecule has 4 rings (SSSR count). The van der Waals surface area contributed by atoms with E-state index in [9.17, 15) is 14.7 Å². The fourth-order valence-corrected chi connectivity index (χ4v) is 5.91. The molecule has 2 aromatic rings. The van der Waals surface area contributed by atoms with Crippen LogP contribution in [0.3, 0.4) is 0 Å². The van der Waals surface area contributed by atoms with Crippen LogP contribution in [-0.4, -0.2) is 66.4 Å². The zero-order valence-corrected chi connectivity index (χ0v) is 18.7. The van der Waals surface area contributed by atoms with Crippen molar-refractivity contribution in [2.75, 3.05) is 12.9 Å². The van der Waals surface area contributed by atoms with Crippen molar-refractivity contribution < 1.29 is 24.2 Å². The number of amides is 1. The molecule has 3 atom stereocenters. The average molecular weight is 464 g/mol. The molecule has 12 heteroatoms. The average Bonchev–Trinajstić information content (AvgIpc) is 3.31. The lowest BCUT2D eigenvalue weighted by Crippen LogP contribution is -2.60. The summed E-state index contributed by atoms with van der Waals surface area (Å²) in [6.45, 7) is 1.65. The standard InChI is InChI=1S/C19H21N5O5S2/c1-10(25)14-16(26)24-15(18(27)29-8-11-4-6-12(28-3)7-5-11)13(31-17(14)24)9-30-19-20-21-22-23(19)2/h4-7,10,14,17,25H,8-9H2,1-3H3/t10-,14?,17-/m1/s1. The molecule has 2 aliphatic heterocycles. The van der Waals surface area contributed by atoms with Crippen molar-refractivity contribution >= 4 is 35.4 Å². The Morgan fingerprint density at radius 3 is 2.71 bits per heavy atom. The lowest BCUT2D eigenvalue weighted by atomic mass is 9.92. The van der Waals surface area contributed by atoms with Gasteiger partial charge in [-0.25, -0.2) is 9.48 Å². The molecule has 0 radical (unpaired) electrons. The Morgan fingerprint density at radius 2 is 2.10 bits per heavy atom. The number of aromatic nitrogens is 4. The number of β-lactam (4-membered cyclic amide) rings is 1. The summed E-state index contributed by atoms with van der Waals surface area (Å²) in [5.74, 6) is -0.285. The van der Waals surface area contributed by atoms with Gasteiger partial charge >= 0.3 is 5.97 Å². The molecular formula is C19H21N5O5S2. The highest BCUT2D eigenvalue weighted by molar-refractivity contribution is 8.06. The van der Waals surface area contributed by atoms with Crippen molar-refractivity contribution in [2.24, 2.45) is 13.0 Å². The van der Waals surface area contributed by atoms with E-state index in [4.69, 9.17) is 9.47 Å². The number of thioether (sulfide) groups is 2. The number of aliphatic hydroxyl groups is 1. The highest BCUT2D eigenvalue weighted by Crippen LogP contribution is 2.51. The number of carbonyl (C=O) groups is 2. The summed E-state index contributed by atoms with van der Waals surface area (Å²) in [6, 6.07) is 7.19. The van der Waals surface area contributed by atoms with Crippen LogP contribution < -0.4 is 4.74 Å². The highest BCUT2D eigenvalue weighted by atomic mass is 32.2. The first-order chi connectivity index (χ1) is 14.9. The molecule has 1 fully saturated rings. The lowest BCUT2D eigenvalue weighted by molar-refractivity contribution is -0.158. The largest absolute Gasteiger partial charge is 0.497 e. The summed E-state index contributed by atoms with van der Waals surface area (Å²) < 4.78 is 12.2. The quantitative estimate of drug-likeness (QED) is 0.347. The zero-order chi connectivity index (χ0) is 22.1. The van der Waals surface area contributed by atoms with E-state index in [0.29, 0.717) is 21.6 Å². The smallest absolute Gasteiger partial charge is 0.356 e. The maximum atomic E-state index is 13.0. The van der Waals surface area contributed by atoms with Gasteiger partial charge in [-0.3, -0.25) is 9.69 Å². The number of hydrogen-bond donors (Lipinski definition) is 1. The predicted octanol–water partition coefficient (Wildman–Crippen LogP) is 1.18. The minimum Gasteiger partial charge on any atom is -0.497 e. The Morgan fingerprint density at radius 1 is 1.35 bits per heavy atom. The third-order valence-corrected chi connectivity index (χ3v) is 7.60. The first kappa shape index (κ1) is 21.7. The van der Waals surface area contributed by atoms with Crippen molar-refractivity contribution in [3.05, 3.63) is 40.4 Å². The van der Waals surface area contributed by atoms with Crippen LogP contribution in [0.2, 0.25) is 0 Å². The molecule has 1 aromatic carbocycles. The summed E-state index contributed by atoms with van der Waals surface area (Å²) in [4.78, 5) is 27.7. The number of fused-ring (bicyclic) bond motifs is 1. The molecule has 2 aliphatic rings. The molecule has 164 valence electrons. The van der Waals surface area contributed by atoms with Gasteiger partial charge in [-0.2, -0.15) is 0 Å². The molecule has 0 aliphatic carbocycles. The Hall–Kier alpha value is -2.57. The van der Waals surface area contributed by atoms with Gasteiger partial charge in [-0.15, -0.1) is 16.9 Å². The van der Waals surface area contributed by atoms with Crippen LogP contribution >= 0.6 is 23.5 Å². The lowest BCUT2D eigenvalue weighted by Gasteiger charge is -2.43. The number of benzene rings is 1. The van der Waals surface area contributed by atoms with Crippen molar-refractivity contribution in [2.45, 2.75) is 30.2 Å². The second-order valence-corrected chi connectivity index (χ2v) is 9.21. The van der Waals surface area contributed by atoms with Crippen LogP contribution in [0.1, 0.15) is 12.5 Å². The first-order valence-corrected chi connectivity index (χ1v) is 11.3. The van der Waals surface area contributed by atoms with Crippen molar-refractivity contribution in [1.29, 1.82) is 0 Å². The fourth-order valence-electron chi connectivity index (χ4n) is 3.36. The Kier molecular flexibility index (Phi) is 6.21. The van der Waals surface area contributed by atoms with Gasteiger partial charge in [0.15, 0.2) is 0 Å². The number of rotatable bonds is 8. The summed E-state index contributed by atoms with van der Waals surface area (Å²) >= 11 is 2.76. The van der Waals surface area contributed by atoms with E-state index in [0.717, 1.165) is 5.56 Å². The number of hydrogen-bond acceptors (Lipinski definition) is 10. The number of aryl methyl sites for hydroxylation is 1. The van der Waals surface area contributed by atoms with Crippen LogP contribution in [0.5, 0.6) is 5.75 Å². The van der Waals surface area contributed by atoms with Gasteiger partial charge in [0.05, 0.1) is 19.1 Å². The van der Waals surface area contributed by atoms with Crippen LogP contribution in [0.15, 0.2) is 40.0 Å². The second-order valence-electron chi connectivity index (χ2n) is 7.05. The summed E-state index contributed by atoms with van der Waals surface area (Å²) in [5, 5.41) is 21.6. The Bertz CT molecular complexity index is 1020. The minimum atomic E-state index is -0.798. The number of carbonyl (C=O) groups excluding carboxylic acids is 2. The maximum Gasteiger partial charge on any atom is 0.356 e. The molecule has 10 nitrogen and oxygen atoms in total. The molecule has 1 amide bonds. The number of aliphatic hydroxyl groups excluding tert-OH is 1. The third kappa shape index (κ3) is 4.14. The van der Waals surface area contributed by atoms with Crippen LogP contribution in [-0.2, 0) is 28.0 Å². The topological polar surface area (TPSA) is 120 Å². The van der Waals surface area contributed by atoms with E-state index in [1.165, 1.54) is 33.1 Å². The molecule has 0 spiro atoms. The van der Waals surface area contributed by atoms with Crippen LogP contribution in [0.25, 0.3) is 0 Å². The molecule has 1 saturated heterocycles. The second kappa shape index (κ2) is 8.89.